The monoisotopic (exact) mass is 327 g/mol. The van der Waals surface area contributed by atoms with Crippen molar-refractivity contribution in [1.82, 2.24) is 4.98 Å². The van der Waals surface area contributed by atoms with Crippen LogP contribution in [0.5, 0.6) is 11.6 Å². The lowest BCUT2D eigenvalue weighted by atomic mass is 10.3. The summed E-state index contributed by atoms with van der Waals surface area (Å²) < 4.78 is 7.31. The van der Waals surface area contributed by atoms with Crippen LogP contribution in [0.2, 0.25) is 0 Å². The van der Waals surface area contributed by atoms with Gasteiger partial charge in [-0.1, -0.05) is 28.1 Å². The van der Waals surface area contributed by atoms with Gasteiger partial charge < -0.3 is 4.74 Å². The molecule has 0 saturated heterocycles. The van der Waals surface area contributed by atoms with E-state index in [1.807, 2.05) is 42.5 Å². The van der Waals surface area contributed by atoms with Crippen molar-refractivity contribution >= 4 is 31.9 Å². The highest BCUT2D eigenvalue weighted by Crippen LogP contribution is 2.23. The van der Waals surface area contributed by atoms with Crippen LogP contribution in [0.4, 0.5) is 0 Å². The van der Waals surface area contributed by atoms with Crippen LogP contribution in [-0.2, 0) is 0 Å². The first kappa shape index (κ1) is 10.6. The molecule has 0 saturated carbocycles. The predicted octanol–water partition coefficient (Wildman–Crippen LogP) is 4.40. The fraction of sp³-hybridized carbons (Fsp3) is 0. The van der Waals surface area contributed by atoms with E-state index in [-0.39, 0.29) is 0 Å². The van der Waals surface area contributed by atoms with E-state index in [4.69, 9.17) is 4.74 Å². The van der Waals surface area contributed by atoms with Crippen LogP contribution in [0.3, 0.4) is 0 Å². The van der Waals surface area contributed by atoms with Gasteiger partial charge in [-0.05, 0) is 40.2 Å². The van der Waals surface area contributed by atoms with E-state index < -0.39 is 0 Å². The van der Waals surface area contributed by atoms with E-state index in [9.17, 15) is 0 Å². The van der Waals surface area contributed by atoms with Gasteiger partial charge in [0.05, 0.1) is 0 Å². The zero-order valence-electron chi connectivity index (χ0n) is 7.65. The van der Waals surface area contributed by atoms with E-state index in [0.29, 0.717) is 5.88 Å². The third-order valence-electron chi connectivity index (χ3n) is 1.71. The maximum atomic E-state index is 5.57. The third-order valence-corrected chi connectivity index (χ3v) is 2.64. The van der Waals surface area contributed by atoms with Gasteiger partial charge in [-0.3, -0.25) is 0 Å². The number of halogens is 2. The van der Waals surface area contributed by atoms with Gasteiger partial charge in [0.1, 0.15) is 10.4 Å². The maximum Gasteiger partial charge on any atom is 0.220 e. The van der Waals surface area contributed by atoms with Crippen molar-refractivity contribution in [3.63, 3.8) is 0 Å². The van der Waals surface area contributed by atoms with Crippen molar-refractivity contribution in [2.75, 3.05) is 0 Å². The van der Waals surface area contributed by atoms with Crippen LogP contribution in [0, 0.1) is 0 Å². The lowest BCUT2D eigenvalue weighted by Crippen LogP contribution is -1.87. The predicted molar refractivity (Wildman–Crippen MR) is 66.2 cm³/mol. The normalized spacial score (nSPS) is 10.0. The Balaban J connectivity index is 2.22. The van der Waals surface area contributed by atoms with Crippen LogP contribution in [-0.4, -0.2) is 4.98 Å². The Morgan fingerprint density at radius 2 is 1.80 bits per heavy atom. The van der Waals surface area contributed by atoms with Crippen molar-refractivity contribution < 1.29 is 4.74 Å². The molecule has 0 unspecified atom stereocenters. The standard InChI is InChI=1S/C11H7Br2NO/c12-8-3-1-4-9(7-8)15-11-6-2-5-10(13)14-11/h1-7H. The molecule has 2 nitrogen and oxygen atoms in total. The quantitative estimate of drug-likeness (QED) is 0.762. The molecule has 1 aromatic carbocycles. The van der Waals surface area contributed by atoms with E-state index in [2.05, 4.69) is 36.8 Å². The van der Waals surface area contributed by atoms with Gasteiger partial charge >= 0.3 is 0 Å². The van der Waals surface area contributed by atoms with E-state index in [1.54, 1.807) is 0 Å². The lowest BCUT2D eigenvalue weighted by Gasteiger charge is -2.04. The third kappa shape index (κ3) is 3.04. The Bertz CT molecular complexity index is 430. The molecule has 0 spiro atoms. The Morgan fingerprint density at radius 3 is 2.53 bits per heavy atom. The van der Waals surface area contributed by atoms with Gasteiger partial charge in [-0.15, -0.1) is 0 Å². The fourth-order valence-corrected chi connectivity index (χ4v) is 1.80. The summed E-state index contributed by atoms with van der Waals surface area (Å²) in [5.41, 5.74) is 0. The van der Waals surface area contributed by atoms with E-state index >= 15 is 0 Å². The first-order valence-corrected chi connectivity index (χ1v) is 5.88. The molecule has 76 valence electrons. The minimum Gasteiger partial charge on any atom is -0.439 e. The summed E-state index contributed by atoms with van der Waals surface area (Å²) >= 11 is 6.67. The molecule has 2 rings (SSSR count). The van der Waals surface area contributed by atoms with Crippen LogP contribution in [0.15, 0.2) is 51.5 Å². The van der Waals surface area contributed by atoms with Crippen molar-refractivity contribution in [2.45, 2.75) is 0 Å². The second kappa shape index (κ2) is 4.77. The van der Waals surface area contributed by atoms with Crippen LogP contribution < -0.4 is 4.74 Å². The highest BCUT2D eigenvalue weighted by molar-refractivity contribution is 9.10. The number of hydrogen-bond donors (Lipinski definition) is 0. The molecule has 1 heterocycles. The number of pyridine rings is 1. The van der Waals surface area contributed by atoms with Crippen molar-refractivity contribution in [3.05, 3.63) is 51.5 Å². The largest absolute Gasteiger partial charge is 0.439 e. The Labute approximate surface area is 105 Å². The van der Waals surface area contributed by atoms with Gasteiger partial charge in [0.25, 0.3) is 0 Å². The van der Waals surface area contributed by atoms with E-state index in [1.165, 1.54) is 0 Å². The summed E-state index contributed by atoms with van der Waals surface area (Å²) in [5.74, 6) is 1.33. The summed E-state index contributed by atoms with van der Waals surface area (Å²) in [7, 11) is 0. The first-order chi connectivity index (χ1) is 7.24. The number of rotatable bonds is 2. The summed E-state index contributed by atoms with van der Waals surface area (Å²) in [4.78, 5) is 4.18. The molecule has 0 N–H and O–H groups in total. The van der Waals surface area contributed by atoms with Crippen molar-refractivity contribution in [2.24, 2.45) is 0 Å². The molecular formula is C11H7Br2NO. The van der Waals surface area contributed by atoms with E-state index in [0.717, 1.165) is 14.8 Å². The average Bonchev–Trinajstić information content (AvgIpc) is 2.17. The van der Waals surface area contributed by atoms with Gasteiger partial charge in [0, 0.05) is 10.5 Å². The van der Waals surface area contributed by atoms with Crippen LogP contribution in [0.1, 0.15) is 0 Å². The molecule has 0 radical (unpaired) electrons. The molecule has 1 aromatic heterocycles. The highest BCUT2D eigenvalue weighted by atomic mass is 79.9. The van der Waals surface area contributed by atoms with Crippen molar-refractivity contribution in [3.8, 4) is 11.6 Å². The molecule has 0 amide bonds. The molecule has 0 fully saturated rings. The summed E-state index contributed by atoms with van der Waals surface area (Å²) in [5, 5.41) is 0. The Hall–Kier alpha value is -0.870. The molecule has 4 heteroatoms. The smallest absolute Gasteiger partial charge is 0.220 e. The zero-order valence-corrected chi connectivity index (χ0v) is 10.8. The number of benzene rings is 1. The number of aromatic nitrogens is 1. The van der Waals surface area contributed by atoms with Gasteiger partial charge in [-0.2, -0.15) is 0 Å². The second-order valence-electron chi connectivity index (χ2n) is 2.86. The molecule has 15 heavy (non-hydrogen) atoms. The lowest BCUT2D eigenvalue weighted by molar-refractivity contribution is 0.461. The summed E-state index contributed by atoms with van der Waals surface area (Å²) in [6, 6.07) is 13.2. The molecule has 2 aromatic rings. The summed E-state index contributed by atoms with van der Waals surface area (Å²) in [6.45, 7) is 0. The van der Waals surface area contributed by atoms with Crippen molar-refractivity contribution in [1.29, 1.82) is 0 Å². The first-order valence-electron chi connectivity index (χ1n) is 4.30. The minimum atomic E-state index is 0.572. The van der Waals surface area contributed by atoms with Gasteiger partial charge in [0.15, 0.2) is 0 Å². The molecular weight excluding hydrogens is 322 g/mol. The number of ether oxygens (including phenoxy) is 1. The SMILES string of the molecule is Brc1cccc(Oc2cccc(Br)n2)c1. The van der Waals surface area contributed by atoms with Crippen LogP contribution >= 0.6 is 31.9 Å². The zero-order chi connectivity index (χ0) is 10.7. The van der Waals surface area contributed by atoms with Gasteiger partial charge in [0.2, 0.25) is 5.88 Å². The molecule has 0 aliphatic carbocycles. The topological polar surface area (TPSA) is 22.1 Å². The number of nitrogens with zero attached hydrogens (tertiary/aromatic N) is 1. The average molecular weight is 329 g/mol. The second-order valence-corrected chi connectivity index (χ2v) is 4.59. The summed E-state index contributed by atoms with van der Waals surface area (Å²) in [6.07, 6.45) is 0. The highest BCUT2D eigenvalue weighted by Gasteiger charge is 1.99. The maximum absolute atomic E-state index is 5.57. The molecule has 0 aliphatic rings. The minimum absolute atomic E-state index is 0.572. The Morgan fingerprint density at radius 1 is 1.00 bits per heavy atom. The number of hydrogen-bond acceptors (Lipinski definition) is 2. The molecule has 0 bridgehead atoms. The Kier molecular flexibility index (Phi) is 3.38. The van der Waals surface area contributed by atoms with Gasteiger partial charge in [-0.25, -0.2) is 4.98 Å². The molecule has 0 atom stereocenters. The molecule has 0 aliphatic heterocycles. The van der Waals surface area contributed by atoms with Crippen LogP contribution in [0.25, 0.3) is 0 Å². The fourth-order valence-electron chi connectivity index (χ4n) is 1.10.